The molecule has 1 spiro atoms. The monoisotopic (exact) mass is 385 g/mol. The Hall–Kier alpha value is -3.43. The highest BCUT2D eigenvalue weighted by atomic mass is 16.2. The minimum Gasteiger partial charge on any atom is -0.298 e. The van der Waals surface area contributed by atoms with E-state index in [0.29, 0.717) is 16.9 Å². The molecular weight excluding hydrogens is 366 g/mol. The Labute approximate surface area is 168 Å². The molecule has 2 aromatic carbocycles. The fourth-order valence-electron chi connectivity index (χ4n) is 5.19. The molecule has 0 aliphatic carbocycles. The van der Waals surface area contributed by atoms with Crippen LogP contribution in [0, 0.1) is 24.2 Å². The van der Waals surface area contributed by atoms with Gasteiger partial charge in [-0.15, -0.1) is 6.42 Å². The molecule has 3 heterocycles. The quantitative estimate of drug-likeness (QED) is 0.631. The first-order valence-electron chi connectivity index (χ1n) is 9.58. The number of para-hydroxylation sites is 2. The fourth-order valence-corrected chi connectivity index (χ4v) is 5.19. The highest BCUT2D eigenvalue weighted by Gasteiger charge is 2.71. The molecule has 2 aromatic rings. The molecule has 3 amide bonds. The molecule has 0 radical (unpaired) electrons. The third-order valence-corrected chi connectivity index (χ3v) is 6.28. The van der Waals surface area contributed by atoms with Crippen molar-refractivity contribution >= 4 is 29.1 Å². The first kappa shape index (κ1) is 17.7. The molecule has 144 valence electrons. The van der Waals surface area contributed by atoms with E-state index >= 15 is 0 Å². The molecule has 0 unspecified atom stereocenters. The Morgan fingerprint density at radius 1 is 1.03 bits per heavy atom. The summed E-state index contributed by atoms with van der Waals surface area (Å²) in [6, 6.07) is 15.9. The highest BCUT2D eigenvalue weighted by Crippen LogP contribution is 2.54. The summed E-state index contributed by atoms with van der Waals surface area (Å²) < 4.78 is 0. The van der Waals surface area contributed by atoms with Crippen molar-refractivity contribution in [1.29, 1.82) is 0 Å². The molecule has 5 rings (SSSR count). The van der Waals surface area contributed by atoms with Crippen LogP contribution >= 0.6 is 0 Å². The molecule has 2 fully saturated rings. The van der Waals surface area contributed by atoms with Gasteiger partial charge in [0.15, 0.2) is 0 Å². The molecule has 3 aliphatic rings. The van der Waals surface area contributed by atoms with Gasteiger partial charge in [0.25, 0.3) is 5.91 Å². The second kappa shape index (κ2) is 6.03. The number of rotatable bonds is 2. The topological polar surface area (TPSA) is 69.7 Å². The number of carbonyl (C=O) groups excluding carboxylic acids is 3. The maximum Gasteiger partial charge on any atom is 0.253 e. The molecule has 6 heteroatoms. The van der Waals surface area contributed by atoms with Gasteiger partial charge in [0, 0.05) is 11.6 Å². The summed E-state index contributed by atoms with van der Waals surface area (Å²) in [5.41, 5.74) is 0.636. The van der Waals surface area contributed by atoms with Crippen molar-refractivity contribution in [2.45, 2.75) is 18.5 Å². The average molecular weight is 385 g/mol. The molecule has 4 atom stereocenters. The standard InChI is InChI=1S/C23H19N3O3/c1-3-13-25-17-12-8-7-11-16(17)23(22(25)29)19-18(14(2)24-23)20(27)26(21(19)28)15-9-5-4-6-10-15/h1,4-12,14,18-19,24H,13H2,2H3/t14-,18+,19-,23-/m0/s1. The smallest absolute Gasteiger partial charge is 0.253 e. The zero-order valence-corrected chi connectivity index (χ0v) is 15.8. The van der Waals surface area contributed by atoms with Crippen LogP contribution in [0.1, 0.15) is 12.5 Å². The second-order valence-corrected chi connectivity index (χ2v) is 7.70. The van der Waals surface area contributed by atoms with Crippen molar-refractivity contribution in [2.75, 3.05) is 16.3 Å². The lowest BCUT2D eigenvalue weighted by molar-refractivity contribution is -0.132. The van der Waals surface area contributed by atoms with Gasteiger partial charge in [-0.05, 0) is 25.1 Å². The zero-order chi connectivity index (χ0) is 20.3. The van der Waals surface area contributed by atoms with Gasteiger partial charge in [-0.3, -0.25) is 24.6 Å². The fraction of sp³-hybridized carbons (Fsp3) is 0.261. The predicted molar refractivity (Wildman–Crippen MR) is 108 cm³/mol. The van der Waals surface area contributed by atoms with Gasteiger partial charge in [-0.2, -0.15) is 0 Å². The van der Waals surface area contributed by atoms with Crippen LogP contribution in [0.2, 0.25) is 0 Å². The lowest BCUT2D eigenvalue weighted by Crippen LogP contribution is -2.55. The first-order chi connectivity index (χ1) is 14.0. The summed E-state index contributed by atoms with van der Waals surface area (Å²) in [6.07, 6.45) is 5.50. The Morgan fingerprint density at radius 2 is 1.72 bits per heavy atom. The number of anilines is 2. The van der Waals surface area contributed by atoms with Gasteiger partial charge in [0.05, 0.1) is 29.8 Å². The van der Waals surface area contributed by atoms with Gasteiger partial charge in [0.1, 0.15) is 5.54 Å². The maximum atomic E-state index is 13.6. The van der Waals surface area contributed by atoms with E-state index in [9.17, 15) is 14.4 Å². The van der Waals surface area contributed by atoms with Crippen molar-refractivity contribution in [3.8, 4) is 12.3 Å². The highest BCUT2D eigenvalue weighted by molar-refractivity contribution is 6.26. The van der Waals surface area contributed by atoms with E-state index in [-0.39, 0.29) is 30.3 Å². The number of imide groups is 1. The van der Waals surface area contributed by atoms with E-state index in [1.54, 1.807) is 24.3 Å². The van der Waals surface area contributed by atoms with Gasteiger partial charge in [0.2, 0.25) is 11.8 Å². The van der Waals surface area contributed by atoms with Crippen LogP contribution in [-0.4, -0.2) is 30.3 Å². The zero-order valence-electron chi connectivity index (χ0n) is 15.8. The van der Waals surface area contributed by atoms with Gasteiger partial charge in [-0.1, -0.05) is 42.3 Å². The lowest BCUT2D eigenvalue weighted by atomic mass is 9.76. The van der Waals surface area contributed by atoms with Crippen LogP contribution in [0.5, 0.6) is 0 Å². The van der Waals surface area contributed by atoms with Gasteiger partial charge >= 0.3 is 0 Å². The SMILES string of the molecule is C#CCN1C(=O)[C@]2(N[C@@H](C)[C@H]3C(=O)N(c4ccccc4)C(=O)[C@H]32)c2ccccc21. The molecule has 0 bridgehead atoms. The number of hydrogen-bond donors (Lipinski definition) is 1. The third-order valence-electron chi connectivity index (χ3n) is 6.28. The second-order valence-electron chi connectivity index (χ2n) is 7.70. The maximum absolute atomic E-state index is 13.6. The minimum absolute atomic E-state index is 0.107. The Bertz CT molecular complexity index is 1090. The van der Waals surface area contributed by atoms with Crippen LogP contribution < -0.4 is 15.1 Å². The molecule has 0 aromatic heterocycles. The van der Waals surface area contributed by atoms with E-state index < -0.39 is 17.4 Å². The summed E-state index contributed by atoms with van der Waals surface area (Å²) in [5, 5.41) is 3.33. The van der Waals surface area contributed by atoms with Gasteiger partial charge < -0.3 is 0 Å². The molecule has 6 nitrogen and oxygen atoms in total. The average Bonchev–Trinajstić information content (AvgIpc) is 3.27. The predicted octanol–water partition coefficient (Wildman–Crippen LogP) is 1.66. The first-order valence-corrected chi connectivity index (χ1v) is 9.58. The van der Waals surface area contributed by atoms with E-state index in [4.69, 9.17) is 6.42 Å². The van der Waals surface area contributed by atoms with E-state index in [2.05, 4.69) is 11.2 Å². The molecular formula is C23H19N3O3. The van der Waals surface area contributed by atoms with Crippen LogP contribution in [-0.2, 0) is 19.9 Å². The molecule has 1 N–H and O–H groups in total. The van der Waals surface area contributed by atoms with E-state index in [0.717, 1.165) is 0 Å². The number of amides is 3. The summed E-state index contributed by atoms with van der Waals surface area (Å²) >= 11 is 0. The number of terminal acetylenes is 1. The number of nitrogens with zero attached hydrogens (tertiary/aromatic N) is 2. The molecule has 29 heavy (non-hydrogen) atoms. The van der Waals surface area contributed by atoms with Crippen molar-refractivity contribution in [3.63, 3.8) is 0 Å². The molecule has 3 aliphatic heterocycles. The Kier molecular flexibility index (Phi) is 3.67. The molecule has 0 saturated carbocycles. The summed E-state index contributed by atoms with van der Waals surface area (Å²) in [6.45, 7) is 1.96. The number of hydrogen-bond acceptors (Lipinski definition) is 4. The van der Waals surface area contributed by atoms with Crippen LogP contribution in [0.4, 0.5) is 11.4 Å². The van der Waals surface area contributed by atoms with Crippen molar-refractivity contribution in [1.82, 2.24) is 5.32 Å². The number of fused-ring (bicyclic) bond motifs is 4. The largest absolute Gasteiger partial charge is 0.298 e. The van der Waals surface area contributed by atoms with Crippen molar-refractivity contribution in [3.05, 3.63) is 60.2 Å². The summed E-state index contributed by atoms with van der Waals surface area (Å²) in [5.74, 6) is 0.191. The minimum atomic E-state index is -1.28. The number of nitrogens with one attached hydrogen (secondary N) is 1. The third kappa shape index (κ3) is 2.08. The number of carbonyl (C=O) groups is 3. The Morgan fingerprint density at radius 3 is 2.45 bits per heavy atom. The van der Waals surface area contributed by atoms with Crippen LogP contribution in [0.25, 0.3) is 0 Å². The van der Waals surface area contributed by atoms with Crippen molar-refractivity contribution in [2.24, 2.45) is 11.8 Å². The lowest BCUT2D eigenvalue weighted by Gasteiger charge is -2.30. The molecule has 2 saturated heterocycles. The van der Waals surface area contributed by atoms with Gasteiger partial charge in [-0.25, -0.2) is 4.90 Å². The van der Waals surface area contributed by atoms with Crippen molar-refractivity contribution < 1.29 is 14.4 Å². The van der Waals surface area contributed by atoms with Crippen LogP contribution in [0.3, 0.4) is 0 Å². The normalized spacial score (nSPS) is 30.1. The summed E-state index contributed by atoms with van der Waals surface area (Å²) in [4.78, 5) is 43.3. The Balaban J connectivity index is 1.69. The van der Waals surface area contributed by atoms with E-state index in [1.807, 2.05) is 37.3 Å². The van der Waals surface area contributed by atoms with E-state index in [1.165, 1.54) is 9.80 Å². The van der Waals surface area contributed by atoms with Crippen LogP contribution in [0.15, 0.2) is 54.6 Å². The summed E-state index contributed by atoms with van der Waals surface area (Å²) in [7, 11) is 0. The number of benzene rings is 2.